The molecule has 3 aromatic heterocycles. The van der Waals surface area contributed by atoms with Gasteiger partial charge in [0.05, 0.1) is 22.1 Å². The summed E-state index contributed by atoms with van der Waals surface area (Å²) in [5.41, 5.74) is 11.9. The van der Waals surface area contributed by atoms with Crippen molar-refractivity contribution in [2.45, 2.75) is 39.8 Å². The van der Waals surface area contributed by atoms with Gasteiger partial charge in [0.25, 0.3) is 0 Å². The fourth-order valence-corrected chi connectivity index (χ4v) is 6.97. The predicted octanol–water partition coefficient (Wildman–Crippen LogP) is 9.02. The van der Waals surface area contributed by atoms with Crippen LogP contribution in [0.15, 0.2) is 114 Å². The largest absolute Gasteiger partial charge is 0.323 e. The van der Waals surface area contributed by atoms with Crippen molar-refractivity contribution in [3.8, 4) is 33.9 Å². The summed E-state index contributed by atoms with van der Waals surface area (Å²) in [6, 6.07) is 38.3. The Bertz CT molecular complexity index is 2380. The number of nitrogens with one attached hydrogen (secondary N) is 1. The van der Waals surface area contributed by atoms with E-state index in [1.54, 1.807) is 0 Å². The van der Waals surface area contributed by atoms with Crippen molar-refractivity contribution in [1.82, 2.24) is 39.7 Å². The van der Waals surface area contributed by atoms with Crippen LogP contribution in [0.5, 0.6) is 0 Å². The summed E-state index contributed by atoms with van der Waals surface area (Å²) < 4.78 is 5.71. The Morgan fingerprint density at radius 2 is 1.50 bits per heavy atom. The van der Waals surface area contributed by atoms with E-state index in [4.69, 9.17) is 9.97 Å². The number of aromatic amines is 1. The van der Waals surface area contributed by atoms with E-state index in [2.05, 4.69) is 151 Å². The SMILES string of the molecule is CCCc1nc2c(C)cc(-c3nc4cc(Br)ccc4n3Cc3ccccc3)cc2n1Cc1ccc(-c2ccccc2)c(-c2nnn[nH]2)c1. The molecule has 0 fully saturated rings. The quantitative estimate of drug-likeness (QED) is 0.163. The molecule has 3 heterocycles. The average Bonchev–Trinajstić information content (AvgIpc) is 3.85. The Kier molecular flexibility index (Phi) is 7.90. The molecule has 0 atom stereocenters. The highest BCUT2D eigenvalue weighted by molar-refractivity contribution is 9.10. The molecule has 0 aliphatic heterocycles. The second kappa shape index (κ2) is 12.7. The van der Waals surface area contributed by atoms with Gasteiger partial charge in [0, 0.05) is 35.1 Å². The van der Waals surface area contributed by atoms with Crippen LogP contribution in [0.4, 0.5) is 0 Å². The lowest BCUT2D eigenvalue weighted by molar-refractivity contribution is 0.722. The van der Waals surface area contributed by atoms with Gasteiger partial charge in [-0.05, 0) is 88.0 Å². The Hall–Kier alpha value is -5.41. The first-order valence-electron chi connectivity index (χ1n) is 16.2. The molecule has 48 heavy (non-hydrogen) atoms. The number of tetrazole rings is 1. The Morgan fingerprint density at radius 3 is 2.27 bits per heavy atom. The minimum absolute atomic E-state index is 0.641. The minimum Gasteiger partial charge on any atom is -0.323 e. The molecule has 0 radical (unpaired) electrons. The summed E-state index contributed by atoms with van der Waals surface area (Å²) in [5.74, 6) is 2.65. The molecule has 0 saturated heterocycles. The van der Waals surface area contributed by atoms with Gasteiger partial charge in [0.2, 0.25) is 0 Å². The molecule has 1 N–H and O–H groups in total. The normalized spacial score (nSPS) is 11.6. The molecule has 5 aromatic carbocycles. The summed E-state index contributed by atoms with van der Waals surface area (Å²) in [7, 11) is 0. The zero-order valence-corrected chi connectivity index (χ0v) is 28.3. The molecule has 8 aromatic rings. The third-order valence-electron chi connectivity index (χ3n) is 8.86. The summed E-state index contributed by atoms with van der Waals surface area (Å²) in [4.78, 5) is 10.4. The van der Waals surface area contributed by atoms with E-state index in [9.17, 15) is 0 Å². The summed E-state index contributed by atoms with van der Waals surface area (Å²) in [6.07, 6.45) is 1.88. The Labute approximate surface area is 286 Å². The number of fused-ring (bicyclic) bond motifs is 2. The van der Waals surface area contributed by atoms with Crippen molar-refractivity contribution in [2.75, 3.05) is 0 Å². The Morgan fingerprint density at radius 1 is 0.708 bits per heavy atom. The maximum Gasteiger partial charge on any atom is 0.180 e. The molecule has 236 valence electrons. The molecule has 0 saturated carbocycles. The van der Waals surface area contributed by atoms with E-state index >= 15 is 0 Å². The van der Waals surface area contributed by atoms with Gasteiger partial charge in [0.1, 0.15) is 11.6 Å². The number of halogens is 1. The molecule has 0 unspecified atom stereocenters. The van der Waals surface area contributed by atoms with Gasteiger partial charge in [-0.2, -0.15) is 0 Å². The monoisotopic (exact) mass is 692 g/mol. The van der Waals surface area contributed by atoms with E-state index in [1.165, 1.54) is 5.56 Å². The van der Waals surface area contributed by atoms with Gasteiger partial charge in [-0.15, -0.1) is 5.10 Å². The van der Waals surface area contributed by atoms with Gasteiger partial charge < -0.3 is 9.13 Å². The fourth-order valence-electron chi connectivity index (χ4n) is 6.62. The first-order chi connectivity index (χ1) is 23.6. The standard InChI is InChI=1S/C39H33BrN8/c1-3-10-36-42-37-25(2)19-29(39-41-33-22-30(40)16-18-34(33)48(39)23-26-11-6-4-7-12-26)21-35(37)47(36)24-27-15-17-31(28-13-8-5-9-14-28)32(20-27)38-43-45-46-44-38/h4-9,11-22H,3,10,23-24H2,1-2H3,(H,43,44,45,46). The van der Waals surface area contributed by atoms with Crippen molar-refractivity contribution in [2.24, 2.45) is 0 Å². The van der Waals surface area contributed by atoms with Crippen LogP contribution >= 0.6 is 15.9 Å². The topological polar surface area (TPSA) is 90.1 Å². The molecule has 0 amide bonds. The second-order valence-electron chi connectivity index (χ2n) is 12.2. The van der Waals surface area contributed by atoms with Gasteiger partial charge in [-0.1, -0.05) is 95.7 Å². The number of hydrogen-bond donors (Lipinski definition) is 1. The van der Waals surface area contributed by atoms with Gasteiger partial charge in [0.15, 0.2) is 5.82 Å². The van der Waals surface area contributed by atoms with Crippen LogP contribution in [0, 0.1) is 6.92 Å². The molecule has 0 aliphatic carbocycles. The fraction of sp³-hybridized carbons (Fsp3) is 0.154. The van der Waals surface area contributed by atoms with Crippen molar-refractivity contribution in [3.05, 3.63) is 136 Å². The van der Waals surface area contributed by atoms with Crippen LogP contribution in [-0.2, 0) is 19.5 Å². The molecule has 0 spiro atoms. The third kappa shape index (κ3) is 5.60. The van der Waals surface area contributed by atoms with E-state index < -0.39 is 0 Å². The smallest absolute Gasteiger partial charge is 0.180 e. The van der Waals surface area contributed by atoms with E-state index in [0.717, 1.165) is 91.0 Å². The highest BCUT2D eigenvalue weighted by atomic mass is 79.9. The number of rotatable bonds is 9. The minimum atomic E-state index is 0.641. The maximum atomic E-state index is 5.21. The number of H-pyrrole nitrogens is 1. The van der Waals surface area contributed by atoms with Crippen molar-refractivity contribution >= 4 is 38.0 Å². The third-order valence-corrected chi connectivity index (χ3v) is 9.35. The first kappa shape index (κ1) is 30.0. The molecule has 9 heteroatoms. The number of aromatic nitrogens is 8. The van der Waals surface area contributed by atoms with E-state index in [-0.39, 0.29) is 0 Å². The lowest BCUT2D eigenvalue weighted by Gasteiger charge is -2.14. The Balaban J connectivity index is 1.27. The second-order valence-corrected chi connectivity index (χ2v) is 13.1. The molecular weight excluding hydrogens is 660 g/mol. The molecule has 0 aliphatic rings. The van der Waals surface area contributed by atoms with Crippen LogP contribution in [-0.4, -0.2) is 39.7 Å². The highest BCUT2D eigenvalue weighted by Gasteiger charge is 2.20. The summed E-state index contributed by atoms with van der Waals surface area (Å²) >= 11 is 3.65. The summed E-state index contributed by atoms with van der Waals surface area (Å²) in [6.45, 7) is 5.74. The molecule has 8 nitrogen and oxygen atoms in total. The average molecular weight is 694 g/mol. The van der Waals surface area contributed by atoms with Gasteiger partial charge in [-0.25, -0.2) is 15.1 Å². The van der Waals surface area contributed by atoms with Crippen LogP contribution < -0.4 is 0 Å². The first-order valence-corrected chi connectivity index (χ1v) is 17.0. The lowest BCUT2D eigenvalue weighted by Crippen LogP contribution is -2.06. The number of benzene rings is 5. The zero-order chi connectivity index (χ0) is 32.6. The van der Waals surface area contributed by atoms with Crippen LogP contribution in [0.1, 0.15) is 35.9 Å². The number of hydrogen-bond acceptors (Lipinski definition) is 5. The molecule has 0 bridgehead atoms. The van der Waals surface area contributed by atoms with Crippen molar-refractivity contribution in [1.29, 1.82) is 0 Å². The highest BCUT2D eigenvalue weighted by Crippen LogP contribution is 2.34. The molecular formula is C39H33BrN8. The van der Waals surface area contributed by atoms with Crippen LogP contribution in [0.3, 0.4) is 0 Å². The van der Waals surface area contributed by atoms with Gasteiger partial charge >= 0.3 is 0 Å². The van der Waals surface area contributed by atoms with E-state index in [0.29, 0.717) is 12.4 Å². The number of aryl methyl sites for hydroxylation is 2. The maximum absolute atomic E-state index is 5.21. The van der Waals surface area contributed by atoms with E-state index in [1.807, 2.05) is 18.2 Å². The molecule has 8 rings (SSSR count). The van der Waals surface area contributed by atoms with Crippen LogP contribution in [0.25, 0.3) is 56.0 Å². The van der Waals surface area contributed by atoms with Crippen LogP contribution in [0.2, 0.25) is 0 Å². The summed E-state index contributed by atoms with van der Waals surface area (Å²) in [5, 5.41) is 15.0. The number of nitrogens with zero attached hydrogens (tertiary/aromatic N) is 7. The zero-order valence-electron chi connectivity index (χ0n) is 26.7. The predicted molar refractivity (Wildman–Crippen MR) is 195 cm³/mol. The van der Waals surface area contributed by atoms with Gasteiger partial charge in [-0.3, -0.25) is 0 Å². The number of imidazole rings is 2. The lowest BCUT2D eigenvalue weighted by atomic mass is 9.97. The van der Waals surface area contributed by atoms with Crippen molar-refractivity contribution in [3.63, 3.8) is 0 Å². The van der Waals surface area contributed by atoms with Crippen molar-refractivity contribution < 1.29 is 0 Å².